The molecule has 178 valence electrons. The van der Waals surface area contributed by atoms with Gasteiger partial charge in [0.1, 0.15) is 6.61 Å². The molecule has 0 unspecified atom stereocenters. The van der Waals surface area contributed by atoms with Crippen LogP contribution in [0.3, 0.4) is 0 Å². The number of barbiturate groups is 1. The fraction of sp³-hybridized carbons (Fsp3) is 0.476. The highest BCUT2D eigenvalue weighted by molar-refractivity contribution is 6.20. The van der Waals surface area contributed by atoms with E-state index in [2.05, 4.69) is 15.8 Å². The number of carbonyl (C=O) groups is 4. The van der Waals surface area contributed by atoms with Gasteiger partial charge in [-0.2, -0.15) is 0 Å². The number of nitrogens with zero attached hydrogens (tertiary/aromatic N) is 3. The number of hydrogen-bond donors (Lipinski definition) is 2. The second kappa shape index (κ2) is 6.88. The van der Waals surface area contributed by atoms with Crippen LogP contribution >= 0.6 is 0 Å². The molecule has 2 aromatic rings. The number of amides is 5. The van der Waals surface area contributed by atoms with E-state index in [1.807, 2.05) is 0 Å². The van der Waals surface area contributed by atoms with Crippen LogP contribution in [-0.2, 0) is 25.5 Å². The number of carbonyl (C=O) groups excluding carboxylic acids is 4. The molecular weight excluding hydrogens is 453 g/mol. The molecule has 1 spiro atoms. The van der Waals surface area contributed by atoms with Gasteiger partial charge in [0.25, 0.3) is 0 Å². The molecule has 1 aromatic carbocycles. The lowest BCUT2D eigenvalue weighted by molar-refractivity contribution is -0.153. The molecule has 6 rings (SSSR count). The van der Waals surface area contributed by atoms with Crippen LogP contribution in [0.25, 0.3) is 11.0 Å². The highest BCUT2D eigenvalue weighted by Gasteiger charge is 2.63. The highest BCUT2D eigenvalue weighted by Crippen LogP contribution is 2.49. The molecule has 13 heteroatoms. The summed E-state index contributed by atoms with van der Waals surface area (Å²) in [7, 11) is 0. The van der Waals surface area contributed by atoms with Gasteiger partial charge in [0.2, 0.25) is 17.4 Å². The van der Waals surface area contributed by atoms with E-state index in [9.17, 15) is 19.2 Å². The van der Waals surface area contributed by atoms with Crippen molar-refractivity contribution in [3.8, 4) is 0 Å². The van der Waals surface area contributed by atoms with Crippen LogP contribution < -0.4 is 20.4 Å². The number of benzene rings is 1. The zero-order chi connectivity index (χ0) is 23.9. The van der Waals surface area contributed by atoms with Gasteiger partial charge in [-0.3, -0.25) is 25.1 Å². The standard InChI is InChI=1S/C21H20FN5O7/c1-8-7-27-13-10(5-11-14(12(13)22)34-25-16(11)26-3-4-32-20(26)31)6-21(15(27)9(2)33-8)17(28)23-19(30)24-18(21)29/h5,8-9,15H,3-4,6-7H2,1-2H3,(H2,23,24,28,29,30)/t8-,9-,15+/m1/s1. The number of hydrogen-bond acceptors (Lipinski definition) is 9. The molecule has 5 amide bonds. The molecule has 0 saturated carbocycles. The zero-order valence-corrected chi connectivity index (χ0v) is 18.2. The summed E-state index contributed by atoms with van der Waals surface area (Å²) in [5, 5.41) is 8.49. The van der Waals surface area contributed by atoms with Crippen molar-refractivity contribution in [2.24, 2.45) is 5.41 Å². The van der Waals surface area contributed by atoms with Gasteiger partial charge in [-0.05, 0) is 25.5 Å². The van der Waals surface area contributed by atoms with E-state index in [0.29, 0.717) is 5.56 Å². The number of imide groups is 2. The fourth-order valence-corrected chi connectivity index (χ4v) is 5.72. The van der Waals surface area contributed by atoms with E-state index in [1.165, 1.54) is 4.90 Å². The number of fused-ring (bicyclic) bond motifs is 5. The summed E-state index contributed by atoms with van der Waals surface area (Å²) in [4.78, 5) is 53.2. The van der Waals surface area contributed by atoms with Gasteiger partial charge >= 0.3 is 12.1 Å². The van der Waals surface area contributed by atoms with E-state index in [4.69, 9.17) is 14.0 Å². The minimum Gasteiger partial charge on any atom is -0.447 e. The van der Waals surface area contributed by atoms with Crippen molar-refractivity contribution in [1.82, 2.24) is 15.8 Å². The van der Waals surface area contributed by atoms with Crippen molar-refractivity contribution in [2.45, 2.75) is 38.5 Å². The zero-order valence-electron chi connectivity index (χ0n) is 18.2. The van der Waals surface area contributed by atoms with Crippen molar-refractivity contribution in [3.05, 3.63) is 17.4 Å². The first kappa shape index (κ1) is 20.8. The van der Waals surface area contributed by atoms with Gasteiger partial charge in [-0.15, -0.1) is 0 Å². The lowest BCUT2D eigenvalue weighted by Crippen LogP contribution is -2.75. The maximum atomic E-state index is 16.0. The number of cyclic esters (lactones) is 1. The Kier molecular flexibility index (Phi) is 4.22. The molecule has 4 aliphatic heterocycles. The molecule has 34 heavy (non-hydrogen) atoms. The Balaban J connectivity index is 1.58. The van der Waals surface area contributed by atoms with Crippen molar-refractivity contribution < 1.29 is 37.6 Å². The van der Waals surface area contributed by atoms with Gasteiger partial charge in [-0.1, -0.05) is 5.16 Å². The summed E-state index contributed by atoms with van der Waals surface area (Å²) < 4.78 is 32.2. The van der Waals surface area contributed by atoms with E-state index in [1.54, 1.807) is 24.8 Å². The maximum Gasteiger partial charge on any atom is 0.415 e. The van der Waals surface area contributed by atoms with Gasteiger partial charge in [-0.25, -0.2) is 14.0 Å². The van der Waals surface area contributed by atoms with Crippen LogP contribution in [0, 0.1) is 11.2 Å². The number of aromatic nitrogens is 1. The molecule has 0 aliphatic carbocycles. The first-order valence-electron chi connectivity index (χ1n) is 10.9. The minimum absolute atomic E-state index is 0.0896. The van der Waals surface area contributed by atoms with Crippen molar-refractivity contribution in [2.75, 3.05) is 29.5 Å². The Morgan fingerprint density at radius 1 is 1.18 bits per heavy atom. The van der Waals surface area contributed by atoms with Crippen LogP contribution in [0.2, 0.25) is 0 Å². The first-order chi connectivity index (χ1) is 16.2. The van der Waals surface area contributed by atoms with Crippen molar-refractivity contribution >= 4 is 46.4 Å². The summed E-state index contributed by atoms with van der Waals surface area (Å²) >= 11 is 0. The topological polar surface area (TPSA) is 143 Å². The number of morpholine rings is 1. The molecule has 5 heterocycles. The largest absolute Gasteiger partial charge is 0.447 e. The summed E-state index contributed by atoms with van der Waals surface area (Å²) in [6, 6.07) is -0.219. The molecule has 2 N–H and O–H groups in total. The number of anilines is 2. The average molecular weight is 473 g/mol. The molecular formula is C21H20FN5O7. The van der Waals surface area contributed by atoms with Crippen LogP contribution in [0.5, 0.6) is 0 Å². The van der Waals surface area contributed by atoms with Gasteiger partial charge in [0.15, 0.2) is 17.1 Å². The molecule has 4 aliphatic rings. The molecule has 12 nitrogen and oxygen atoms in total. The number of ether oxygens (including phenoxy) is 2. The smallest absolute Gasteiger partial charge is 0.415 e. The Bertz CT molecular complexity index is 1270. The van der Waals surface area contributed by atoms with E-state index in [-0.39, 0.29) is 54.7 Å². The SMILES string of the molecule is C[C@@H]1CN2c3c(cc4c(N5CCOC5=O)noc4c3F)CC3(C(=O)NC(=O)NC3=O)[C@@H]2[C@@H](C)O1. The number of urea groups is 1. The third-order valence-corrected chi connectivity index (χ3v) is 6.96. The molecule has 3 fully saturated rings. The predicted octanol–water partition coefficient (Wildman–Crippen LogP) is 0.814. The third kappa shape index (κ3) is 2.58. The Morgan fingerprint density at radius 3 is 2.59 bits per heavy atom. The summed E-state index contributed by atoms with van der Waals surface area (Å²) in [5.74, 6) is -2.18. The van der Waals surface area contributed by atoms with Crippen LogP contribution in [0.1, 0.15) is 19.4 Å². The fourth-order valence-electron chi connectivity index (χ4n) is 5.72. The van der Waals surface area contributed by atoms with Crippen LogP contribution in [-0.4, -0.2) is 67.0 Å². The van der Waals surface area contributed by atoms with Gasteiger partial charge in [0, 0.05) is 13.0 Å². The average Bonchev–Trinajstić information content (AvgIpc) is 3.37. The molecule has 0 bridgehead atoms. The van der Waals surface area contributed by atoms with E-state index >= 15 is 4.39 Å². The van der Waals surface area contributed by atoms with E-state index < -0.39 is 47.3 Å². The Hall–Kier alpha value is -3.74. The first-order valence-corrected chi connectivity index (χ1v) is 10.9. The summed E-state index contributed by atoms with van der Waals surface area (Å²) in [5.41, 5.74) is -1.37. The molecule has 3 atom stereocenters. The molecule has 1 aromatic heterocycles. The van der Waals surface area contributed by atoms with Crippen LogP contribution in [0.4, 0.5) is 25.5 Å². The second-order valence-corrected chi connectivity index (χ2v) is 8.98. The van der Waals surface area contributed by atoms with Crippen molar-refractivity contribution in [1.29, 1.82) is 0 Å². The number of rotatable bonds is 1. The van der Waals surface area contributed by atoms with Gasteiger partial charge in [0.05, 0.1) is 35.9 Å². The number of halogens is 1. The summed E-state index contributed by atoms with van der Waals surface area (Å²) in [6.07, 6.45) is -1.80. The highest BCUT2D eigenvalue weighted by atomic mass is 19.1. The van der Waals surface area contributed by atoms with Crippen LogP contribution in [0.15, 0.2) is 10.6 Å². The lowest BCUT2D eigenvalue weighted by atomic mass is 9.66. The number of nitrogens with one attached hydrogen (secondary N) is 2. The maximum absolute atomic E-state index is 16.0. The second-order valence-electron chi connectivity index (χ2n) is 8.98. The summed E-state index contributed by atoms with van der Waals surface area (Å²) in [6.45, 7) is 4.08. The lowest BCUT2D eigenvalue weighted by Gasteiger charge is -2.55. The quantitative estimate of drug-likeness (QED) is 0.575. The minimum atomic E-state index is -1.75. The normalized spacial score (nSPS) is 28.0. The van der Waals surface area contributed by atoms with E-state index in [0.717, 1.165) is 0 Å². The third-order valence-electron chi connectivity index (χ3n) is 6.96. The molecule has 0 radical (unpaired) electrons. The predicted molar refractivity (Wildman–Crippen MR) is 112 cm³/mol. The Labute approximate surface area is 191 Å². The molecule has 3 saturated heterocycles. The van der Waals surface area contributed by atoms with Gasteiger partial charge < -0.3 is 18.9 Å². The van der Waals surface area contributed by atoms with Crippen molar-refractivity contribution in [3.63, 3.8) is 0 Å². The Morgan fingerprint density at radius 2 is 1.91 bits per heavy atom. The monoisotopic (exact) mass is 473 g/mol.